The molecule has 0 atom stereocenters. The Labute approximate surface area is 113 Å². The maximum Gasteiger partial charge on any atom is 0.0712 e. The molecule has 0 fully saturated rings. The van der Waals surface area contributed by atoms with E-state index in [-0.39, 0.29) is 0 Å². The zero-order chi connectivity index (χ0) is 13.1. The molecular formula is C18H15N. The first-order chi connectivity index (χ1) is 9.34. The Morgan fingerprint density at radius 2 is 1.32 bits per heavy atom. The van der Waals surface area contributed by atoms with Crippen LogP contribution in [-0.2, 0) is 0 Å². The van der Waals surface area contributed by atoms with Crippen LogP contribution in [0.3, 0.4) is 0 Å². The van der Waals surface area contributed by atoms with Crippen LogP contribution in [0, 0.1) is 6.92 Å². The fourth-order valence-electron chi connectivity index (χ4n) is 2.21. The van der Waals surface area contributed by atoms with Gasteiger partial charge in [0.15, 0.2) is 0 Å². The van der Waals surface area contributed by atoms with Crippen LogP contribution in [0.1, 0.15) is 5.56 Å². The second kappa shape index (κ2) is 5.07. The van der Waals surface area contributed by atoms with Gasteiger partial charge in [0.05, 0.1) is 11.4 Å². The summed E-state index contributed by atoms with van der Waals surface area (Å²) in [5.74, 6) is 0. The summed E-state index contributed by atoms with van der Waals surface area (Å²) >= 11 is 0. The van der Waals surface area contributed by atoms with Crippen molar-refractivity contribution in [3.05, 3.63) is 78.4 Å². The van der Waals surface area contributed by atoms with Crippen molar-refractivity contribution in [3.63, 3.8) is 0 Å². The highest BCUT2D eigenvalue weighted by Crippen LogP contribution is 2.24. The van der Waals surface area contributed by atoms with Crippen LogP contribution < -0.4 is 0 Å². The summed E-state index contributed by atoms with van der Waals surface area (Å²) in [6.45, 7) is 2.12. The van der Waals surface area contributed by atoms with Crippen LogP contribution in [0.15, 0.2) is 72.8 Å². The predicted molar refractivity (Wildman–Crippen MR) is 79.8 cm³/mol. The van der Waals surface area contributed by atoms with Crippen molar-refractivity contribution in [1.82, 2.24) is 4.98 Å². The minimum atomic E-state index is 1.02. The molecule has 0 unspecified atom stereocenters. The van der Waals surface area contributed by atoms with Crippen molar-refractivity contribution < 1.29 is 0 Å². The molecule has 0 bridgehead atoms. The highest BCUT2D eigenvalue weighted by molar-refractivity contribution is 5.68. The zero-order valence-electron chi connectivity index (χ0n) is 10.9. The van der Waals surface area contributed by atoms with E-state index in [1.165, 1.54) is 11.1 Å². The molecule has 3 rings (SSSR count). The van der Waals surface area contributed by atoms with E-state index in [1.54, 1.807) is 0 Å². The fourth-order valence-corrected chi connectivity index (χ4v) is 2.21. The third-order valence-corrected chi connectivity index (χ3v) is 3.24. The van der Waals surface area contributed by atoms with E-state index in [0.29, 0.717) is 0 Å². The van der Waals surface area contributed by atoms with Crippen LogP contribution >= 0.6 is 0 Å². The molecule has 0 spiro atoms. The van der Waals surface area contributed by atoms with Gasteiger partial charge in [-0.25, -0.2) is 4.98 Å². The molecule has 2 aromatic carbocycles. The topological polar surface area (TPSA) is 12.9 Å². The Morgan fingerprint density at radius 1 is 0.632 bits per heavy atom. The maximum atomic E-state index is 4.77. The van der Waals surface area contributed by atoms with Crippen LogP contribution in [-0.4, -0.2) is 4.98 Å². The van der Waals surface area contributed by atoms with E-state index in [2.05, 4.69) is 61.5 Å². The molecule has 1 heterocycles. The third kappa shape index (κ3) is 2.41. The molecule has 1 aromatic heterocycles. The number of aromatic nitrogens is 1. The molecule has 0 amide bonds. The first-order valence-corrected chi connectivity index (χ1v) is 6.43. The van der Waals surface area contributed by atoms with Gasteiger partial charge < -0.3 is 0 Å². The molecule has 0 aliphatic heterocycles. The smallest absolute Gasteiger partial charge is 0.0712 e. The molecule has 0 radical (unpaired) electrons. The molecule has 0 aliphatic rings. The summed E-state index contributed by atoms with van der Waals surface area (Å²) in [5, 5.41) is 0. The summed E-state index contributed by atoms with van der Waals surface area (Å²) in [7, 11) is 0. The summed E-state index contributed by atoms with van der Waals surface area (Å²) in [5.41, 5.74) is 5.64. The van der Waals surface area contributed by atoms with E-state index in [1.807, 2.05) is 18.2 Å². The van der Waals surface area contributed by atoms with Crippen LogP contribution in [0.25, 0.3) is 22.5 Å². The van der Waals surface area contributed by atoms with Crippen molar-refractivity contribution in [2.45, 2.75) is 6.92 Å². The maximum absolute atomic E-state index is 4.77. The van der Waals surface area contributed by atoms with Crippen molar-refractivity contribution >= 4 is 0 Å². The second-order valence-corrected chi connectivity index (χ2v) is 4.59. The van der Waals surface area contributed by atoms with E-state index in [9.17, 15) is 0 Å². The number of aryl methyl sites for hydroxylation is 1. The van der Waals surface area contributed by atoms with Crippen molar-refractivity contribution in [3.8, 4) is 22.5 Å². The van der Waals surface area contributed by atoms with Gasteiger partial charge in [-0.2, -0.15) is 0 Å². The van der Waals surface area contributed by atoms with Crippen molar-refractivity contribution in [2.75, 3.05) is 0 Å². The number of pyridine rings is 1. The summed E-state index contributed by atoms with van der Waals surface area (Å²) < 4.78 is 0. The highest BCUT2D eigenvalue weighted by atomic mass is 14.7. The Bertz CT molecular complexity index is 687. The van der Waals surface area contributed by atoms with Gasteiger partial charge in [-0.3, -0.25) is 0 Å². The Balaban J connectivity index is 2.09. The molecular weight excluding hydrogens is 230 g/mol. The lowest BCUT2D eigenvalue weighted by atomic mass is 10.0. The van der Waals surface area contributed by atoms with Crippen molar-refractivity contribution in [2.24, 2.45) is 0 Å². The zero-order valence-corrected chi connectivity index (χ0v) is 10.9. The van der Waals surface area contributed by atoms with Gasteiger partial charge in [-0.05, 0) is 24.6 Å². The molecule has 19 heavy (non-hydrogen) atoms. The minimum Gasteiger partial charge on any atom is -0.248 e. The monoisotopic (exact) mass is 245 g/mol. The van der Waals surface area contributed by atoms with E-state index >= 15 is 0 Å². The average molecular weight is 245 g/mol. The molecule has 0 N–H and O–H groups in total. The van der Waals surface area contributed by atoms with Gasteiger partial charge in [0.25, 0.3) is 0 Å². The van der Waals surface area contributed by atoms with Gasteiger partial charge in [-0.1, -0.05) is 60.7 Å². The van der Waals surface area contributed by atoms with Crippen LogP contribution in [0.4, 0.5) is 0 Å². The quantitative estimate of drug-likeness (QED) is 0.636. The molecule has 0 aliphatic carbocycles. The third-order valence-electron chi connectivity index (χ3n) is 3.24. The van der Waals surface area contributed by atoms with E-state index < -0.39 is 0 Å². The molecule has 1 nitrogen and oxygen atoms in total. The minimum absolute atomic E-state index is 1.02. The van der Waals surface area contributed by atoms with Crippen LogP contribution in [0.2, 0.25) is 0 Å². The molecule has 0 saturated carbocycles. The van der Waals surface area contributed by atoms with E-state index in [4.69, 9.17) is 4.98 Å². The van der Waals surface area contributed by atoms with Gasteiger partial charge in [-0.15, -0.1) is 0 Å². The van der Waals surface area contributed by atoms with Gasteiger partial charge >= 0.3 is 0 Å². The summed E-state index contributed by atoms with van der Waals surface area (Å²) in [6, 6.07) is 24.8. The highest BCUT2D eigenvalue weighted by Gasteiger charge is 2.04. The predicted octanol–water partition coefficient (Wildman–Crippen LogP) is 4.72. The first kappa shape index (κ1) is 11.7. The largest absolute Gasteiger partial charge is 0.248 e. The molecule has 92 valence electrons. The first-order valence-electron chi connectivity index (χ1n) is 6.43. The Morgan fingerprint density at radius 3 is 2.11 bits per heavy atom. The van der Waals surface area contributed by atoms with Gasteiger partial charge in [0, 0.05) is 11.1 Å². The SMILES string of the molecule is Cc1ccccc1-c1cccc(-c2ccccc2)n1. The second-order valence-electron chi connectivity index (χ2n) is 4.59. The lowest BCUT2D eigenvalue weighted by molar-refractivity contribution is 1.30. The fraction of sp³-hybridized carbons (Fsp3) is 0.0556. The van der Waals surface area contributed by atoms with Crippen LogP contribution in [0.5, 0.6) is 0 Å². The average Bonchev–Trinajstić information content (AvgIpc) is 2.49. The number of nitrogens with zero attached hydrogens (tertiary/aromatic N) is 1. The number of benzene rings is 2. The van der Waals surface area contributed by atoms with Gasteiger partial charge in [0.2, 0.25) is 0 Å². The number of rotatable bonds is 2. The number of hydrogen-bond acceptors (Lipinski definition) is 1. The lowest BCUT2D eigenvalue weighted by Gasteiger charge is -2.07. The molecule has 0 saturated heterocycles. The van der Waals surface area contributed by atoms with E-state index in [0.717, 1.165) is 17.0 Å². The Hall–Kier alpha value is -2.41. The van der Waals surface area contributed by atoms with Crippen molar-refractivity contribution in [1.29, 1.82) is 0 Å². The molecule has 1 heteroatoms. The molecule has 3 aromatic rings. The number of hydrogen-bond donors (Lipinski definition) is 0. The lowest BCUT2D eigenvalue weighted by Crippen LogP contribution is -1.89. The Kier molecular flexibility index (Phi) is 3.11. The standard InChI is InChI=1S/C18H15N/c1-14-8-5-6-11-16(14)18-13-7-12-17(19-18)15-9-3-2-4-10-15/h2-13H,1H3. The normalized spacial score (nSPS) is 10.4. The summed E-state index contributed by atoms with van der Waals surface area (Å²) in [6.07, 6.45) is 0. The summed E-state index contributed by atoms with van der Waals surface area (Å²) in [4.78, 5) is 4.77. The van der Waals surface area contributed by atoms with Gasteiger partial charge in [0.1, 0.15) is 0 Å².